The van der Waals surface area contributed by atoms with E-state index in [4.69, 9.17) is 9.15 Å². The molecule has 1 atom stereocenters. The number of phenolic OH excluding ortho intramolecular Hbond substituents is 1. The van der Waals surface area contributed by atoms with E-state index in [0.29, 0.717) is 11.3 Å². The Bertz CT molecular complexity index is 1380. The summed E-state index contributed by atoms with van der Waals surface area (Å²) in [5.41, 5.74) is 1.12. The monoisotopic (exact) mass is 459 g/mol. The zero-order valence-electron chi connectivity index (χ0n) is 17.9. The number of hydrogen-bond donors (Lipinski definition) is 3. The van der Waals surface area contributed by atoms with Gasteiger partial charge in [-0.2, -0.15) is 0 Å². The summed E-state index contributed by atoms with van der Waals surface area (Å²) in [7, 11) is 0. The van der Waals surface area contributed by atoms with Crippen LogP contribution in [0.5, 0.6) is 11.5 Å². The lowest BCUT2D eigenvalue weighted by Crippen LogP contribution is -2.44. The lowest BCUT2D eigenvalue weighted by molar-refractivity contribution is -0.142. The molecule has 0 bridgehead atoms. The molecule has 0 aliphatic carbocycles. The highest BCUT2D eigenvalue weighted by atomic mass is 16.5. The van der Waals surface area contributed by atoms with Crippen molar-refractivity contribution in [1.82, 2.24) is 5.32 Å². The van der Waals surface area contributed by atoms with Gasteiger partial charge in [0.05, 0.1) is 0 Å². The van der Waals surface area contributed by atoms with E-state index in [1.54, 1.807) is 48.5 Å². The normalized spacial score (nSPS) is 11.6. The molecule has 0 aliphatic heterocycles. The van der Waals surface area contributed by atoms with Crippen molar-refractivity contribution in [3.8, 4) is 22.8 Å². The number of nitrogens with one attached hydrogen (secondary N) is 1. The molecule has 0 aliphatic rings. The number of carbonyl (C=O) groups is 2. The SMILES string of the molecule is O=C(COc1cc(O)c2c(=O)cc(-c3ccccc3)oc2c1)N[C@@H](Cc1ccccc1)C(=O)O. The van der Waals surface area contributed by atoms with Crippen LogP contribution in [0.25, 0.3) is 22.3 Å². The second-order valence-electron chi connectivity index (χ2n) is 7.59. The molecule has 0 fully saturated rings. The van der Waals surface area contributed by atoms with E-state index < -0.39 is 30.0 Å². The number of carboxylic acid groups (broad SMARTS) is 1. The van der Waals surface area contributed by atoms with Crippen molar-refractivity contribution >= 4 is 22.8 Å². The van der Waals surface area contributed by atoms with Crippen LogP contribution in [0.4, 0.5) is 0 Å². The maximum absolute atomic E-state index is 12.5. The molecule has 3 N–H and O–H groups in total. The molecular weight excluding hydrogens is 438 g/mol. The molecule has 4 rings (SSSR count). The molecule has 0 saturated heterocycles. The minimum atomic E-state index is -1.17. The van der Waals surface area contributed by atoms with Gasteiger partial charge in [-0.3, -0.25) is 9.59 Å². The largest absolute Gasteiger partial charge is 0.507 e. The van der Waals surface area contributed by atoms with Gasteiger partial charge in [-0.15, -0.1) is 0 Å². The number of rotatable bonds is 8. The molecule has 3 aromatic carbocycles. The van der Waals surface area contributed by atoms with Gasteiger partial charge in [0.15, 0.2) is 12.0 Å². The van der Waals surface area contributed by atoms with E-state index in [0.717, 1.165) is 5.56 Å². The molecular formula is C26H21NO7. The van der Waals surface area contributed by atoms with Crippen molar-refractivity contribution in [3.05, 3.63) is 94.6 Å². The van der Waals surface area contributed by atoms with Gasteiger partial charge < -0.3 is 24.7 Å². The fraction of sp³-hybridized carbons (Fsp3) is 0.115. The van der Waals surface area contributed by atoms with Crippen LogP contribution in [-0.2, 0) is 16.0 Å². The molecule has 0 radical (unpaired) electrons. The Labute approximate surface area is 194 Å². The molecule has 172 valence electrons. The first-order chi connectivity index (χ1) is 16.4. The van der Waals surface area contributed by atoms with E-state index in [9.17, 15) is 24.6 Å². The molecule has 8 nitrogen and oxygen atoms in total. The third-order valence-electron chi connectivity index (χ3n) is 5.13. The summed E-state index contributed by atoms with van der Waals surface area (Å²) in [6.45, 7) is -0.494. The van der Waals surface area contributed by atoms with E-state index >= 15 is 0 Å². The van der Waals surface area contributed by atoms with E-state index in [1.807, 2.05) is 12.1 Å². The Morgan fingerprint density at radius 2 is 1.65 bits per heavy atom. The van der Waals surface area contributed by atoms with E-state index in [-0.39, 0.29) is 28.9 Å². The van der Waals surface area contributed by atoms with Gasteiger partial charge in [0.2, 0.25) is 0 Å². The Morgan fingerprint density at radius 3 is 2.32 bits per heavy atom. The Balaban J connectivity index is 1.49. The number of aliphatic carboxylic acids is 1. The molecule has 4 aromatic rings. The highest BCUT2D eigenvalue weighted by molar-refractivity contribution is 5.87. The highest BCUT2D eigenvalue weighted by Crippen LogP contribution is 2.31. The summed E-state index contributed by atoms with van der Waals surface area (Å²) in [4.78, 5) is 36.4. The van der Waals surface area contributed by atoms with E-state index in [2.05, 4.69) is 5.32 Å². The third kappa shape index (κ3) is 5.24. The minimum Gasteiger partial charge on any atom is -0.507 e. The summed E-state index contributed by atoms with van der Waals surface area (Å²) in [6.07, 6.45) is 0.117. The fourth-order valence-corrected chi connectivity index (χ4v) is 3.51. The van der Waals surface area contributed by atoms with Crippen molar-refractivity contribution in [2.45, 2.75) is 12.5 Å². The second-order valence-corrected chi connectivity index (χ2v) is 7.59. The van der Waals surface area contributed by atoms with Crippen molar-refractivity contribution in [2.75, 3.05) is 6.61 Å². The fourth-order valence-electron chi connectivity index (χ4n) is 3.51. The maximum Gasteiger partial charge on any atom is 0.326 e. The van der Waals surface area contributed by atoms with Gasteiger partial charge in [0, 0.05) is 30.2 Å². The quantitative estimate of drug-likeness (QED) is 0.369. The number of aromatic hydroxyl groups is 1. The van der Waals surface area contributed by atoms with Gasteiger partial charge >= 0.3 is 5.97 Å². The van der Waals surface area contributed by atoms with Crippen LogP contribution < -0.4 is 15.5 Å². The molecule has 34 heavy (non-hydrogen) atoms. The molecule has 0 unspecified atom stereocenters. The van der Waals surface area contributed by atoms with Crippen molar-refractivity contribution in [1.29, 1.82) is 0 Å². The second kappa shape index (κ2) is 9.91. The number of amides is 1. The van der Waals surface area contributed by atoms with Crippen LogP contribution in [0.2, 0.25) is 0 Å². The predicted molar refractivity (Wildman–Crippen MR) is 125 cm³/mol. The van der Waals surface area contributed by atoms with Gasteiger partial charge in [0.25, 0.3) is 5.91 Å². The zero-order chi connectivity index (χ0) is 24.1. The smallest absolute Gasteiger partial charge is 0.326 e. The molecule has 0 spiro atoms. The Kier molecular flexibility index (Phi) is 6.59. The molecule has 1 amide bonds. The summed E-state index contributed by atoms with van der Waals surface area (Å²) >= 11 is 0. The van der Waals surface area contributed by atoms with Gasteiger partial charge in [-0.05, 0) is 5.56 Å². The van der Waals surface area contributed by atoms with E-state index in [1.165, 1.54) is 18.2 Å². The Morgan fingerprint density at radius 1 is 0.971 bits per heavy atom. The number of ether oxygens (including phenoxy) is 1. The number of carbonyl (C=O) groups excluding carboxylic acids is 1. The van der Waals surface area contributed by atoms with Crippen molar-refractivity contribution < 1.29 is 29.0 Å². The number of hydrogen-bond acceptors (Lipinski definition) is 6. The molecule has 1 aromatic heterocycles. The van der Waals surface area contributed by atoms with Gasteiger partial charge in [-0.1, -0.05) is 60.7 Å². The first kappa shape index (κ1) is 22.6. The summed E-state index contributed by atoms with van der Waals surface area (Å²) in [6, 6.07) is 20.7. The number of fused-ring (bicyclic) bond motifs is 1. The number of phenols is 1. The van der Waals surface area contributed by atoms with Crippen molar-refractivity contribution in [2.24, 2.45) is 0 Å². The van der Waals surface area contributed by atoms with Crippen LogP contribution in [-0.4, -0.2) is 34.7 Å². The Hall–Kier alpha value is -4.59. The van der Waals surface area contributed by atoms with Crippen LogP contribution in [0.3, 0.4) is 0 Å². The zero-order valence-corrected chi connectivity index (χ0v) is 17.9. The average molecular weight is 459 g/mol. The first-order valence-electron chi connectivity index (χ1n) is 10.5. The summed E-state index contributed by atoms with van der Waals surface area (Å²) < 4.78 is 11.2. The minimum absolute atomic E-state index is 0.00900. The highest BCUT2D eigenvalue weighted by Gasteiger charge is 2.21. The lowest BCUT2D eigenvalue weighted by Gasteiger charge is -2.15. The molecule has 8 heteroatoms. The first-order valence-corrected chi connectivity index (χ1v) is 10.5. The topological polar surface area (TPSA) is 126 Å². The summed E-state index contributed by atoms with van der Waals surface area (Å²) in [5, 5.41) is 22.2. The van der Waals surface area contributed by atoms with Gasteiger partial charge in [-0.25, -0.2) is 4.79 Å². The van der Waals surface area contributed by atoms with Crippen LogP contribution in [0.15, 0.2) is 88.1 Å². The molecule has 1 heterocycles. The van der Waals surface area contributed by atoms with Crippen LogP contribution >= 0.6 is 0 Å². The number of carboxylic acids is 1. The number of benzene rings is 3. The lowest BCUT2D eigenvalue weighted by atomic mass is 10.1. The maximum atomic E-state index is 12.5. The van der Waals surface area contributed by atoms with Crippen molar-refractivity contribution in [3.63, 3.8) is 0 Å². The third-order valence-corrected chi connectivity index (χ3v) is 5.13. The van der Waals surface area contributed by atoms with Crippen LogP contribution in [0.1, 0.15) is 5.56 Å². The van der Waals surface area contributed by atoms with Gasteiger partial charge in [0.1, 0.15) is 34.3 Å². The average Bonchev–Trinajstić information content (AvgIpc) is 2.83. The summed E-state index contributed by atoms with van der Waals surface area (Å²) in [5.74, 6) is -1.77. The predicted octanol–water partition coefficient (Wildman–Crippen LogP) is 3.36. The van der Waals surface area contributed by atoms with Crippen LogP contribution in [0, 0.1) is 0 Å². The standard InChI is InChI=1S/C26H21NO7/c28-20-12-18(13-23-25(20)21(29)14-22(34-23)17-9-5-2-6-10-17)33-15-24(30)27-19(26(31)32)11-16-7-3-1-4-8-16/h1-10,12-14,19,28H,11,15H2,(H,27,30)(H,31,32)/t19-/m0/s1. The molecule has 0 saturated carbocycles.